The molecule has 0 unspecified atom stereocenters. The first kappa shape index (κ1) is 11.4. The van der Waals surface area contributed by atoms with Crippen LogP contribution in [0.5, 0.6) is 0 Å². The highest BCUT2D eigenvalue weighted by Gasteiger charge is 2.02. The summed E-state index contributed by atoms with van der Waals surface area (Å²) in [5, 5.41) is 2.84. The van der Waals surface area contributed by atoms with Crippen molar-refractivity contribution in [2.45, 2.75) is 26.8 Å². The van der Waals surface area contributed by atoms with Crippen LogP contribution in [0.3, 0.4) is 0 Å². The van der Waals surface area contributed by atoms with Crippen molar-refractivity contribution in [3.8, 4) is 0 Å². The van der Waals surface area contributed by atoms with Gasteiger partial charge in [0.1, 0.15) is 0 Å². The van der Waals surface area contributed by atoms with Crippen LogP contribution in [0, 0.1) is 0 Å². The summed E-state index contributed by atoms with van der Waals surface area (Å²) in [6.07, 6.45) is 6.26. The van der Waals surface area contributed by atoms with Crippen LogP contribution in [0.4, 0.5) is 0 Å². The van der Waals surface area contributed by atoms with Crippen molar-refractivity contribution in [3.63, 3.8) is 0 Å². The number of aromatic nitrogens is 1. The number of allylic oxidation sites excluding steroid dienone is 1. The average molecular weight is 204 g/mol. The average Bonchev–Trinajstić information content (AvgIpc) is 2.27. The Kier molecular flexibility index (Phi) is 4.54. The lowest BCUT2D eigenvalue weighted by atomic mass is 10.2. The zero-order valence-electron chi connectivity index (χ0n) is 9.16. The second kappa shape index (κ2) is 5.96. The first-order valence-corrected chi connectivity index (χ1v) is 5.08. The normalized spacial score (nSPS) is 11.2. The minimum absolute atomic E-state index is 0.0132. The molecule has 0 saturated carbocycles. The summed E-state index contributed by atoms with van der Waals surface area (Å²) >= 11 is 0. The molecule has 15 heavy (non-hydrogen) atoms. The highest BCUT2D eigenvalue weighted by atomic mass is 16.1. The van der Waals surface area contributed by atoms with Crippen LogP contribution in [-0.2, 0) is 11.3 Å². The van der Waals surface area contributed by atoms with Gasteiger partial charge in [0.25, 0.3) is 0 Å². The van der Waals surface area contributed by atoms with Gasteiger partial charge >= 0.3 is 0 Å². The lowest BCUT2D eigenvalue weighted by Gasteiger charge is -2.04. The van der Waals surface area contributed by atoms with E-state index in [9.17, 15) is 4.79 Å². The van der Waals surface area contributed by atoms with E-state index in [0.717, 1.165) is 17.6 Å². The third-order valence-electron chi connectivity index (χ3n) is 2.04. The maximum Gasteiger partial charge on any atom is 0.246 e. The Labute approximate surface area is 90.2 Å². The maximum absolute atomic E-state index is 11.5. The van der Waals surface area contributed by atoms with Crippen LogP contribution in [0.2, 0.25) is 0 Å². The number of hydrogen-bond acceptors (Lipinski definition) is 2. The molecule has 0 atom stereocenters. The van der Waals surface area contributed by atoms with Crippen molar-refractivity contribution < 1.29 is 4.79 Å². The van der Waals surface area contributed by atoms with Gasteiger partial charge in [-0.1, -0.05) is 19.1 Å². The van der Waals surface area contributed by atoms with E-state index < -0.39 is 0 Å². The second-order valence-electron chi connectivity index (χ2n) is 3.34. The Hall–Kier alpha value is -1.64. The standard InChI is InChI=1S/C12H16N2O/c1-3-5-10(2)12(15)14-9-11-6-4-7-13-8-11/h4-8H,3,9H2,1-2H3,(H,14,15)/b10-5+. The minimum atomic E-state index is -0.0132. The molecule has 0 saturated heterocycles. The number of nitrogens with zero attached hydrogens (tertiary/aromatic N) is 1. The lowest BCUT2D eigenvalue weighted by molar-refractivity contribution is -0.117. The molecule has 1 N–H and O–H groups in total. The van der Waals surface area contributed by atoms with Crippen molar-refractivity contribution >= 4 is 5.91 Å². The molecule has 0 aliphatic heterocycles. The zero-order chi connectivity index (χ0) is 11.1. The molecule has 1 heterocycles. The van der Waals surface area contributed by atoms with Crippen LogP contribution in [0.15, 0.2) is 36.2 Å². The van der Waals surface area contributed by atoms with Crippen LogP contribution < -0.4 is 5.32 Å². The van der Waals surface area contributed by atoms with Crippen molar-refractivity contribution in [2.75, 3.05) is 0 Å². The van der Waals surface area contributed by atoms with Crippen molar-refractivity contribution in [1.29, 1.82) is 0 Å². The van der Waals surface area contributed by atoms with Gasteiger partial charge in [0, 0.05) is 24.5 Å². The number of amides is 1. The minimum Gasteiger partial charge on any atom is -0.348 e. The van der Waals surface area contributed by atoms with Gasteiger partial charge in [-0.2, -0.15) is 0 Å². The molecule has 3 heteroatoms. The van der Waals surface area contributed by atoms with Gasteiger partial charge in [-0.25, -0.2) is 0 Å². The summed E-state index contributed by atoms with van der Waals surface area (Å²) in [7, 11) is 0. The summed E-state index contributed by atoms with van der Waals surface area (Å²) in [6.45, 7) is 4.36. The predicted molar refractivity (Wildman–Crippen MR) is 60.1 cm³/mol. The lowest BCUT2D eigenvalue weighted by Crippen LogP contribution is -2.23. The molecule has 1 amide bonds. The monoisotopic (exact) mass is 204 g/mol. The van der Waals surface area contributed by atoms with Gasteiger partial charge < -0.3 is 5.32 Å². The summed E-state index contributed by atoms with van der Waals surface area (Å²) < 4.78 is 0. The Bertz CT molecular complexity index is 344. The van der Waals surface area contributed by atoms with E-state index in [1.165, 1.54) is 0 Å². The van der Waals surface area contributed by atoms with Gasteiger partial charge in [-0.15, -0.1) is 0 Å². The smallest absolute Gasteiger partial charge is 0.246 e. The quantitative estimate of drug-likeness (QED) is 0.763. The Balaban J connectivity index is 2.45. The number of hydrogen-bond donors (Lipinski definition) is 1. The number of pyridine rings is 1. The number of rotatable bonds is 4. The topological polar surface area (TPSA) is 42.0 Å². The van der Waals surface area contributed by atoms with E-state index in [1.807, 2.05) is 32.1 Å². The highest BCUT2D eigenvalue weighted by Crippen LogP contribution is 1.98. The molecular weight excluding hydrogens is 188 g/mol. The van der Waals surface area contributed by atoms with E-state index in [4.69, 9.17) is 0 Å². The molecule has 0 radical (unpaired) electrons. The maximum atomic E-state index is 11.5. The number of carbonyl (C=O) groups is 1. The molecule has 0 spiro atoms. The third-order valence-corrected chi connectivity index (χ3v) is 2.04. The Morgan fingerprint density at radius 3 is 3.00 bits per heavy atom. The molecule has 0 bridgehead atoms. The first-order chi connectivity index (χ1) is 7.24. The fourth-order valence-electron chi connectivity index (χ4n) is 1.22. The van der Waals surface area contributed by atoms with Crippen molar-refractivity contribution in [3.05, 3.63) is 41.7 Å². The van der Waals surface area contributed by atoms with E-state index in [0.29, 0.717) is 6.54 Å². The first-order valence-electron chi connectivity index (χ1n) is 5.08. The van der Waals surface area contributed by atoms with E-state index in [1.54, 1.807) is 12.4 Å². The fourth-order valence-corrected chi connectivity index (χ4v) is 1.22. The molecule has 0 aromatic carbocycles. The molecule has 1 aromatic heterocycles. The molecule has 1 rings (SSSR count). The van der Waals surface area contributed by atoms with Crippen LogP contribution in [-0.4, -0.2) is 10.9 Å². The third kappa shape index (κ3) is 3.94. The van der Waals surface area contributed by atoms with Gasteiger partial charge in [-0.3, -0.25) is 9.78 Å². The molecule has 1 aromatic rings. The summed E-state index contributed by atoms with van der Waals surface area (Å²) in [5.74, 6) is -0.0132. The SMILES string of the molecule is CC/C=C(\C)C(=O)NCc1cccnc1. The summed E-state index contributed by atoms with van der Waals surface area (Å²) in [4.78, 5) is 15.5. The van der Waals surface area contributed by atoms with Crippen molar-refractivity contribution in [2.24, 2.45) is 0 Å². The predicted octanol–water partition coefficient (Wildman–Crippen LogP) is 2.05. The van der Waals surface area contributed by atoms with Gasteiger partial charge in [0.15, 0.2) is 0 Å². The van der Waals surface area contributed by atoms with Crippen molar-refractivity contribution in [1.82, 2.24) is 10.3 Å². The van der Waals surface area contributed by atoms with Crippen LogP contribution >= 0.6 is 0 Å². The Morgan fingerprint density at radius 1 is 1.60 bits per heavy atom. The molecular formula is C12H16N2O. The highest BCUT2D eigenvalue weighted by molar-refractivity contribution is 5.92. The zero-order valence-corrected chi connectivity index (χ0v) is 9.16. The number of nitrogens with one attached hydrogen (secondary N) is 1. The summed E-state index contributed by atoms with van der Waals surface area (Å²) in [5.41, 5.74) is 1.77. The molecule has 0 aliphatic carbocycles. The Morgan fingerprint density at radius 2 is 2.40 bits per heavy atom. The fraction of sp³-hybridized carbons (Fsp3) is 0.333. The number of carbonyl (C=O) groups excluding carboxylic acids is 1. The van der Waals surface area contributed by atoms with Crippen LogP contribution in [0.25, 0.3) is 0 Å². The summed E-state index contributed by atoms with van der Waals surface area (Å²) in [6, 6.07) is 3.79. The molecule has 80 valence electrons. The van der Waals surface area contributed by atoms with Gasteiger partial charge in [0.2, 0.25) is 5.91 Å². The molecule has 3 nitrogen and oxygen atoms in total. The van der Waals surface area contributed by atoms with Gasteiger partial charge in [-0.05, 0) is 25.0 Å². The molecule has 0 aliphatic rings. The van der Waals surface area contributed by atoms with E-state index >= 15 is 0 Å². The molecule has 0 fully saturated rings. The van der Waals surface area contributed by atoms with Crippen LogP contribution in [0.1, 0.15) is 25.8 Å². The largest absolute Gasteiger partial charge is 0.348 e. The van der Waals surface area contributed by atoms with E-state index in [-0.39, 0.29) is 5.91 Å². The van der Waals surface area contributed by atoms with Gasteiger partial charge in [0.05, 0.1) is 0 Å². The second-order valence-corrected chi connectivity index (χ2v) is 3.34. The van der Waals surface area contributed by atoms with E-state index in [2.05, 4.69) is 10.3 Å².